The summed E-state index contributed by atoms with van der Waals surface area (Å²) in [6, 6.07) is 89.4. The minimum atomic E-state index is 1.12. The summed E-state index contributed by atoms with van der Waals surface area (Å²) in [4.78, 5) is 4.97. The molecule has 0 spiro atoms. The molecule has 0 amide bonds. The molecule has 0 saturated carbocycles. The van der Waals surface area contributed by atoms with Gasteiger partial charge in [-0.25, -0.2) is 0 Å². The van der Waals surface area contributed by atoms with Crippen molar-refractivity contribution in [2.24, 2.45) is 0 Å². The van der Waals surface area contributed by atoms with Crippen LogP contribution in [-0.2, 0) is 0 Å². The quantitative estimate of drug-likeness (QED) is 0.142. The summed E-state index contributed by atoms with van der Waals surface area (Å²) in [6.45, 7) is 9.00. The summed E-state index contributed by atoms with van der Waals surface area (Å²) >= 11 is 0. The standard InChI is InChI=1S/C68H52N2/c1-45-15-13-25-63(59-29-27-49-17-5-9-21-53(49)41-59)67(45)69(61-35-31-51-19-7-11-23-55(51)43-61)65-37-33-57(39-47(65)3)58-34-38-66(48(4)40-58)70(62-36-32-52-20-8-12-24-56(52)44-62)68-46(2)16-14-26-64(68)60-30-28-50-18-6-10-22-54(50)42-60/h5-44H,1-4H3. The zero-order valence-electron chi connectivity index (χ0n) is 40.0. The molecule has 0 bridgehead atoms. The van der Waals surface area contributed by atoms with Crippen molar-refractivity contribution < 1.29 is 0 Å². The van der Waals surface area contributed by atoms with Crippen LogP contribution in [0.5, 0.6) is 0 Å². The predicted molar refractivity (Wildman–Crippen MR) is 301 cm³/mol. The molecule has 2 heteroatoms. The number of rotatable bonds is 9. The van der Waals surface area contributed by atoms with E-state index >= 15 is 0 Å². The van der Waals surface area contributed by atoms with Crippen LogP contribution in [0.1, 0.15) is 22.3 Å². The van der Waals surface area contributed by atoms with Gasteiger partial charge in [-0.05, 0) is 176 Å². The monoisotopic (exact) mass is 896 g/mol. The SMILES string of the molecule is Cc1cc(-c2ccc(N(c3ccc4ccccc4c3)c3c(C)cccc3-c3ccc4ccccc4c3)c(C)c2)ccc1N(c1ccc2ccccc2c1)c1c(C)cccc1-c1ccc2ccccc2c1. The van der Waals surface area contributed by atoms with Gasteiger partial charge in [-0.15, -0.1) is 0 Å². The molecule has 12 aromatic carbocycles. The third-order valence-corrected chi connectivity index (χ3v) is 14.2. The molecule has 0 unspecified atom stereocenters. The van der Waals surface area contributed by atoms with Crippen LogP contribution in [0.2, 0.25) is 0 Å². The van der Waals surface area contributed by atoms with Gasteiger partial charge in [-0.1, -0.05) is 182 Å². The van der Waals surface area contributed by atoms with E-state index in [2.05, 4.69) is 280 Å². The van der Waals surface area contributed by atoms with E-state index in [1.807, 2.05) is 0 Å². The fourth-order valence-corrected chi connectivity index (χ4v) is 10.7. The molecule has 0 N–H and O–H groups in total. The van der Waals surface area contributed by atoms with E-state index in [0.717, 1.165) is 22.7 Å². The average Bonchev–Trinajstić information content (AvgIpc) is 3.40. The van der Waals surface area contributed by atoms with Gasteiger partial charge in [-0.3, -0.25) is 0 Å². The Hall–Kier alpha value is -8.72. The molecule has 2 nitrogen and oxygen atoms in total. The summed E-state index contributed by atoms with van der Waals surface area (Å²) in [6.07, 6.45) is 0. The summed E-state index contributed by atoms with van der Waals surface area (Å²) in [5.41, 5.74) is 18.8. The molecule has 0 aliphatic heterocycles. The molecule has 0 heterocycles. The maximum absolute atomic E-state index is 2.48. The second-order valence-corrected chi connectivity index (χ2v) is 18.8. The first-order valence-corrected chi connectivity index (χ1v) is 24.3. The minimum Gasteiger partial charge on any atom is -0.309 e. The maximum atomic E-state index is 2.48. The van der Waals surface area contributed by atoms with Crippen LogP contribution in [0, 0.1) is 27.7 Å². The molecular weight excluding hydrogens is 845 g/mol. The molecular formula is C68H52N2. The number of aryl methyl sites for hydroxylation is 4. The number of hydrogen-bond acceptors (Lipinski definition) is 2. The molecule has 12 aromatic rings. The van der Waals surface area contributed by atoms with Crippen LogP contribution in [0.4, 0.5) is 34.1 Å². The van der Waals surface area contributed by atoms with Crippen molar-refractivity contribution in [3.63, 3.8) is 0 Å². The second-order valence-electron chi connectivity index (χ2n) is 18.8. The third kappa shape index (κ3) is 7.74. The van der Waals surface area contributed by atoms with Gasteiger partial charge in [0.15, 0.2) is 0 Å². The smallest absolute Gasteiger partial charge is 0.0569 e. The first-order chi connectivity index (χ1) is 34.3. The first-order valence-electron chi connectivity index (χ1n) is 24.3. The van der Waals surface area contributed by atoms with Crippen molar-refractivity contribution in [2.75, 3.05) is 9.80 Å². The van der Waals surface area contributed by atoms with Gasteiger partial charge in [0.25, 0.3) is 0 Å². The molecule has 12 rings (SSSR count). The van der Waals surface area contributed by atoms with E-state index in [1.54, 1.807) is 0 Å². The number of anilines is 6. The van der Waals surface area contributed by atoms with Crippen LogP contribution in [-0.4, -0.2) is 0 Å². The lowest BCUT2D eigenvalue weighted by Crippen LogP contribution is -2.14. The number of hydrogen-bond donors (Lipinski definition) is 0. The Labute approximate surface area is 411 Å². The highest BCUT2D eigenvalue weighted by Gasteiger charge is 2.24. The van der Waals surface area contributed by atoms with Crippen LogP contribution < -0.4 is 9.80 Å². The first kappa shape index (κ1) is 42.6. The lowest BCUT2D eigenvalue weighted by atomic mass is 9.94. The Kier molecular flexibility index (Phi) is 10.8. The van der Waals surface area contributed by atoms with Gasteiger partial charge >= 0.3 is 0 Å². The van der Waals surface area contributed by atoms with Crippen LogP contribution in [0.3, 0.4) is 0 Å². The molecule has 0 atom stereocenters. The van der Waals surface area contributed by atoms with E-state index < -0.39 is 0 Å². The van der Waals surface area contributed by atoms with Crippen LogP contribution in [0.15, 0.2) is 243 Å². The fraction of sp³-hybridized carbons (Fsp3) is 0.0588. The Morgan fingerprint density at radius 1 is 0.229 bits per heavy atom. The highest BCUT2D eigenvalue weighted by molar-refractivity contribution is 5.99. The normalized spacial score (nSPS) is 11.4. The van der Waals surface area contributed by atoms with Gasteiger partial charge in [0, 0.05) is 33.9 Å². The van der Waals surface area contributed by atoms with Crippen LogP contribution in [0.25, 0.3) is 76.5 Å². The fourth-order valence-electron chi connectivity index (χ4n) is 10.7. The maximum Gasteiger partial charge on any atom is 0.0569 e. The Bertz CT molecular complexity index is 3710. The Morgan fingerprint density at radius 2 is 0.557 bits per heavy atom. The van der Waals surface area contributed by atoms with Gasteiger partial charge in [0.2, 0.25) is 0 Å². The van der Waals surface area contributed by atoms with Gasteiger partial charge in [-0.2, -0.15) is 0 Å². The van der Waals surface area contributed by atoms with Gasteiger partial charge in [0.1, 0.15) is 0 Å². The van der Waals surface area contributed by atoms with Crippen molar-refractivity contribution in [1.29, 1.82) is 0 Å². The van der Waals surface area contributed by atoms with Crippen molar-refractivity contribution in [3.8, 4) is 33.4 Å². The average molecular weight is 897 g/mol. The minimum absolute atomic E-state index is 1.12. The number of fused-ring (bicyclic) bond motifs is 4. The molecule has 334 valence electrons. The summed E-state index contributed by atoms with van der Waals surface area (Å²) in [5, 5.41) is 9.82. The highest BCUT2D eigenvalue weighted by atomic mass is 15.2. The topological polar surface area (TPSA) is 6.48 Å². The molecule has 0 aliphatic rings. The van der Waals surface area contributed by atoms with E-state index in [1.165, 1.54) is 110 Å². The largest absolute Gasteiger partial charge is 0.309 e. The molecule has 0 saturated heterocycles. The zero-order chi connectivity index (χ0) is 47.3. The predicted octanol–water partition coefficient (Wildman–Crippen LogP) is 19.5. The van der Waals surface area contributed by atoms with E-state index in [9.17, 15) is 0 Å². The molecule has 0 fully saturated rings. The van der Waals surface area contributed by atoms with Gasteiger partial charge < -0.3 is 9.80 Å². The van der Waals surface area contributed by atoms with Crippen LogP contribution >= 0.6 is 0 Å². The number of para-hydroxylation sites is 2. The third-order valence-electron chi connectivity index (χ3n) is 14.2. The van der Waals surface area contributed by atoms with Crippen molar-refractivity contribution in [2.45, 2.75) is 27.7 Å². The molecule has 0 radical (unpaired) electrons. The van der Waals surface area contributed by atoms with Crippen molar-refractivity contribution >= 4 is 77.2 Å². The van der Waals surface area contributed by atoms with Crippen molar-refractivity contribution in [1.82, 2.24) is 0 Å². The molecule has 0 aromatic heterocycles. The van der Waals surface area contributed by atoms with E-state index in [4.69, 9.17) is 0 Å². The summed E-state index contributed by atoms with van der Waals surface area (Å²) in [5.74, 6) is 0. The van der Waals surface area contributed by atoms with E-state index in [0.29, 0.717) is 0 Å². The molecule has 0 aliphatic carbocycles. The number of benzene rings is 12. The lowest BCUT2D eigenvalue weighted by Gasteiger charge is -2.32. The highest BCUT2D eigenvalue weighted by Crippen LogP contribution is 2.48. The lowest BCUT2D eigenvalue weighted by molar-refractivity contribution is 1.22. The summed E-state index contributed by atoms with van der Waals surface area (Å²) in [7, 11) is 0. The van der Waals surface area contributed by atoms with Gasteiger partial charge in [0.05, 0.1) is 11.4 Å². The second kappa shape index (κ2) is 17.7. The molecule has 70 heavy (non-hydrogen) atoms. The Balaban J connectivity index is 0.982. The summed E-state index contributed by atoms with van der Waals surface area (Å²) < 4.78 is 0. The number of nitrogens with zero attached hydrogens (tertiary/aromatic N) is 2. The Morgan fingerprint density at radius 3 is 0.929 bits per heavy atom. The van der Waals surface area contributed by atoms with Crippen molar-refractivity contribution in [3.05, 3.63) is 265 Å². The van der Waals surface area contributed by atoms with E-state index in [-0.39, 0.29) is 0 Å². The zero-order valence-corrected chi connectivity index (χ0v) is 40.0.